The molecule has 0 bridgehead atoms. The molecule has 0 amide bonds. The van der Waals surface area contributed by atoms with Gasteiger partial charge in [0.15, 0.2) is 0 Å². The van der Waals surface area contributed by atoms with Crippen LogP contribution in [0.3, 0.4) is 0 Å². The van der Waals surface area contributed by atoms with Crippen LogP contribution in [0.4, 0.5) is 0 Å². The largest absolute Gasteiger partial charge is 0.0878 e. The molecule has 0 aromatic heterocycles. The molecular formula is C26H28S4. The molecule has 0 atom stereocenters. The summed E-state index contributed by atoms with van der Waals surface area (Å²) in [6.07, 6.45) is 7.43. The van der Waals surface area contributed by atoms with Crippen LogP contribution in [0.5, 0.6) is 0 Å². The lowest BCUT2D eigenvalue weighted by Gasteiger charge is -2.06. The van der Waals surface area contributed by atoms with Crippen LogP contribution < -0.4 is 0 Å². The average molecular weight is 469 g/mol. The molecule has 0 N–H and O–H groups in total. The Labute approximate surface area is 198 Å². The molecule has 2 heterocycles. The highest BCUT2D eigenvalue weighted by atomic mass is 32.2. The van der Waals surface area contributed by atoms with Gasteiger partial charge in [-0.15, -0.1) is 0 Å². The maximum atomic E-state index is 2.32. The molecule has 4 rings (SSSR count). The first-order chi connectivity index (χ1) is 14.8. The Morgan fingerprint density at radius 2 is 0.967 bits per heavy atom. The lowest BCUT2D eigenvalue weighted by molar-refractivity contribution is 0.795. The third kappa shape index (κ3) is 5.64. The molecule has 0 nitrogen and oxygen atoms in total. The van der Waals surface area contributed by atoms with E-state index in [-0.39, 0.29) is 0 Å². The normalized spacial score (nSPS) is 18.6. The Bertz CT molecular complexity index is 870. The molecule has 2 aromatic rings. The SMILES string of the molecule is CCCCc1ccc(C2=CS/C(=C3\SC=C(c4ccc(CCCC)cc4)S3)S2)cc1. The van der Waals surface area contributed by atoms with Crippen LogP contribution in [0.25, 0.3) is 9.81 Å². The quantitative estimate of drug-likeness (QED) is 0.378. The van der Waals surface area contributed by atoms with Crippen LogP contribution in [0.2, 0.25) is 0 Å². The summed E-state index contributed by atoms with van der Waals surface area (Å²) in [6.45, 7) is 4.51. The highest BCUT2D eigenvalue weighted by Gasteiger charge is 2.23. The minimum Gasteiger partial charge on any atom is -0.0878 e. The van der Waals surface area contributed by atoms with Gasteiger partial charge in [-0.1, -0.05) is 122 Å². The van der Waals surface area contributed by atoms with Crippen molar-refractivity contribution in [1.82, 2.24) is 0 Å². The van der Waals surface area contributed by atoms with Gasteiger partial charge in [0.1, 0.15) is 0 Å². The molecule has 0 saturated carbocycles. The second-order valence-corrected chi connectivity index (χ2v) is 12.0. The molecule has 2 aliphatic heterocycles. The summed E-state index contributed by atoms with van der Waals surface area (Å²) >= 11 is 7.59. The lowest BCUT2D eigenvalue weighted by atomic mass is 10.1. The Hall–Kier alpha value is -0.940. The van der Waals surface area contributed by atoms with E-state index in [0.29, 0.717) is 0 Å². The van der Waals surface area contributed by atoms with Gasteiger partial charge in [0, 0.05) is 9.81 Å². The highest BCUT2D eigenvalue weighted by Crippen LogP contribution is 2.58. The fourth-order valence-electron chi connectivity index (χ4n) is 3.38. The molecule has 4 heteroatoms. The molecule has 0 saturated heterocycles. The van der Waals surface area contributed by atoms with Crippen molar-refractivity contribution < 1.29 is 0 Å². The predicted molar refractivity (Wildman–Crippen MR) is 143 cm³/mol. The zero-order valence-corrected chi connectivity index (χ0v) is 20.9. The van der Waals surface area contributed by atoms with Crippen molar-refractivity contribution in [2.45, 2.75) is 52.4 Å². The molecule has 30 heavy (non-hydrogen) atoms. The number of hydrogen-bond donors (Lipinski definition) is 0. The van der Waals surface area contributed by atoms with Gasteiger partial charge in [0.2, 0.25) is 0 Å². The maximum Gasteiger partial charge on any atom is 0.0700 e. The van der Waals surface area contributed by atoms with E-state index in [1.807, 2.05) is 47.0 Å². The zero-order chi connectivity index (χ0) is 20.8. The minimum atomic E-state index is 1.19. The van der Waals surface area contributed by atoms with Crippen LogP contribution in [-0.2, 0) is 12.8 Å². The molecule has 0 radical (unpaired) electrons. The molecule has 0 fully saturated rings. The van der Waals surface area contributed by atoms with Gasteiger partial charge < -0.3 is 0 Å². The fourth-order valence-corrected chi connectivity index (χ4v) is 8.31. The van der Waals surface area contributed by atoms with E-state index in [2.05, 4.69) is 73.2 Å². The van der Waals surface area contributed by atoms with Crippen molar-refractivity contribution in [1.29, 1.82) is 0 Å². The highest BCUT2D eigenvalue weighted by molar-refractivity contribution is 8.36. The minimum absolute atomic E-state index is 1.19. The van der Waals surface area contributed by atoms with Crippen LogP contribution >= 0.6 is 47.0 Å². The average Bonchev–Trinajstić information content (AvgIpc) is 3.47. The molecule has 0 aliphatic carbocycles. The summed E-state index contributed by atoms with van der Waals surface area (Å²) in [5.74, 6) is 0. The molecule has 156 valence electrons. The van der Waals surface area contributed by atoms with Crippen molar-refractivity contribution in [2.75, 3.05) is 0 Å². The molecule has 0 unspecified atom stereocenters. The molecule has 2 aliphatic rings. The predicted octanol–water partition coefficient (Wildman–Crippen LogP) is 9.76. The van der Waals surface area contributed by atoms with Gasteiger partial charge in [-0.25, -0.2) is 0 Å². The van der Waals surface area contributed by atoms with E-state index >= 15 is 0 Å². The maximum absolute atomic E-state index is 2.32. The third-order valence-electron chi connectivity index (χ3n) is 5.23. The second kappa shape index (κ2) is 11.1. The Morgan fingerprint density at radius 3 is 1.33 bits per heavy atom. The van der Waals surface area contributed by atoms with Gasteiger partial charge in [0.25, 0.3) is 0 Å². The van der Waals surface area contributed by atoms with E-state index in [4.69, 9.17) is 0 Å². The summed E-state index contributed by atoms with van der Waals surface area (Å²) in [5.41, 5.74) is 5.58. The van der Waals surface area contributed by atoms with E-state index in [9.17, 15) is 0 Å². The topological polar surface area (TPSA) is 0 Å². The zero-order valence-electron chi connectivity index (χ0n) is 17.6. The standard InChI is InChI=1S/C26H28S4/c1-3-5-7-19-9-13-21(14-10-19)23-17-27-25(29-23)26-28-18-24(30-26)22-15-11-20(12-16-22)8-6-4-2/h9-18H,3-8H2,1-2H3/b26-25-. The summed E-state index contributed by atoms with van der Waals surface area (Å²) in [7, 11) is 0. The second-order valence-electron chi connectivity index (χ2n) is 7.58. The lowest BCUT2D eigenvalue weighted by Crippen LogP contribution is -1.85. The van der Waals surface area contributed by atoms with E-state index < -0.39 is 0 Å². The van der Waals surface area contributed by atoms with Crippen molar-refractivity contribution in [2.24, 2.45) is 0 Å². The van der Waals surface area contributed by atoms with Gasteiger partial charge in [-0.05, 0) is 58.8 Å². The van der Waals surface area contributed by atoms with Crippen LogP contribution in [0.15, 0.2) is 67.8 Å². The smallest absolute Gasteiger partial charge is 0.0700 e. The number of thioether (sulfide) groups is 4. The van der Waals surface area contributed by atoms with Crippen LogP contribution in [0, 0.1) is 0 Å². The van der Waals surface area contributed by atoms with Crippen LogP contribution in [0.1, 0.15) is 61.8 Å². The van der Waals surface area contributed by atoms with Crippen molar-refractivity contribution in [3.05, 3.63) is 90.1 Å². The first kappa shape index (κ1) is 22.3. The fraction of sp³-hybridized carbons (Fsp3) is 0.308. The summed E-state index contributed by atoms with van der Waals surface area (Å²) in [6, 6.07) is 18.3. The number of rotatable bonds is 8. The van der Waals surface area contributed by atoms with Crippen molar-refractivity contribution in [3.8, 4) is 0 Å². The monoisotopic (exact) mass is 468 g/mol. The van der Waals surface area contributed by atoms with E-state index in [0.717, 1.165) is 0 Å². The van der Waals surface area contributed by atoms with E-state index in [1.54, 1.807) is 0 Å². The van der Waals surface area contributed by atoms with Gasteiger partial charge in [-0.2, -0.15) is 0 Å². The van der Waals surface area contributed by atoms with Gasteiger partial charge in [0.05, 0.1) is 8.47 Å². The summed E-state index contributed by atoms with van der Waals surface area (Å²) in [4.78, 5) is 2.75. The Morgan fingerprint density at radius 1 is 0.567 bits per heavy atom. The van der Waals surface area contributed by atoms with E-state index in [1.165, 1.54) is 79.1 Å². The van der Waals surface area contributed by atoms with Gasteiger partial charge >= 0.3 is 0 Å². The van der Waals surface area contributed by atoms with Crippen LogP contribution in [-0.4, -0.2) is 0 Å². The number of hydrogen-bond acceptors (Lipinski definition) is 4. The number of aryl methyl sites for hydroxylation is 2. The third-order valence-corrected chi connectivity index (χ3v) is 10.6. The Balaban J connectivity index is 1.36. The molecule has 2 aromatic carbocycles. The molecular weight excluding hydrogens is 441 g/mol. The number of unbranched alkanes of at least 4 members (excludes halogenated alkanes) is 2. The van der Waals surface area contributed by atoms with Crippen molar-refractivity contribution >= 4 is 56.9 Å². The summed E-state index contributed by atoms with van der Waals surface area (Å²) in [5, 5.41) is 4.63. The molecule has 0 spiro atoms. The first-order valence-electron chi connectivity index (χ1n) is 10.8. The Kier molecular flexibility index (Phi) is 8.22. The van der Waals surface area contributed by atoms with Gasteiger partial charge in [-0.3, -0.25) is 0 Å². The van der Waals surface area contributed by atoms with Crippen molar-refractivity contribution in [3.63, 3.8) is 0 Å². The first-order valence-corrected chi connectivity index (χ1v) is 14.2. The number of benzene rings is 2. The summed E-state index contributed by atoms with van der Waals surface area (Å²) < 4.78 is 2.83.